The zero-order chi connectivity index (χ0) is 24.6. The van der Waals surface area contributed by atoms with Gasteiger partial charge in [0.1, 0.15) is 34.4 Å². The summed E-state index contributed by atoms with van der Waals surface area (Å²) in [7, 11) is 3.26. The Kier molecular flexibility index (Phi) is 5.75. The molecule has 3 aromatic heterocycles. The summed E-state index contributed by atoms with van der Waals surface area (Å²) in [6, 6.07) is 9.99. The van der Waals surface area contributed by atoms with Crippen molar-refractivity contribution in [2.24, 2.45) is 11.0 Å². The highest BCUT2D eigenvalue weighted by Crippen LogP contribution is 2.37. The summed E-state index contributed by atoms with van der Waals surface area (Å²) in [6.07, 6.45) is 6.58. The molecular formula is C27H29N5O4. The Labute approximate surface area is 209 Å². The third kappa shape index (κ3) is 4.25. The minimum Gasteiger partial charge on any atom is -0.496 e. The third-order valence-electron chi connectivity index (χ3n) is 6.80. The van der Waals surface area contributed by atoms with Crippen LogP contribution in [0.3, 0.4) is 0 Å². The average molecular weight is 488 g/mol. The Balaban J connectivity index is 1.22. The fourth-order valence-electron chi connectivity index (χ4n) is 4.85. The average Bonchev–Trinajstić information content (AvgIpc) is 3.60. The number of pyridine rings is 1. The summed E-state index contributed by atoms with van der Waals surface area (Å²) in [6.45, 7) is 4.61. The van der Waals surface area contributed by atoms with Gasteiger partial charge in [-0.05, 0) is 37.5 Å². The van der Waals surface area contributed by atoms with Crippen molar-refractivity contribution >= 4 is 22.7 Å². The number of hydrogen-bond donors (Lipinski definition) is 0. The van der Waals surface area contributed by atoms with Crippen molar-refractivity contribution in [3.8, 4) is 23.0 Å². The predicted molar refractivity (Wildman–Crippen MR) is 137 cm³/mol. The standard InChI is InChI=1S/C27H29N5O4/c1-17-6-7-25(28-13-17)31-8-4-5-18(14-31)16-35-22-9-19(33-2)10-23-20(22)11-24(36-23)21-15-32-26(29-21)12-27(30-32)34-3/h6-7,9-11,13,15,18H,4-5,8,12,14,16H2,1-3H3. The Morgan fingerprint density at radius 1 is 1.14 bits per heavy atom. The molecule has 2 aliphatic rings. The minimum atomic E-state index is 0.401. The topological polar surface area (TPSA) is 87.1 Å². The van der Waals surface area contributed by atoms with Crippen LogP contribution in [-0.2, 0) is 11.2 Å². The first kappa shape index (κ1) is 22.5. The van der Waals surface area contributed by atoms with E-state index in [0.29, 0.717) is 41.9 Å². The van der Waals surface area contributed by atoms with Crippen LogP contribution in [0.2, 0.25) is 0 Å². The Morgan fingerprint density at radius 2 is 2.06 bits per heavy atom. The van der Waals surface area contributed by atoms with E-state index in [4.69, 9.17) is 18.6 Å². The van der Waals surface area contributed by atoms with Gasteiger partial charge >= 0.3 is 0 Å². The molecule has 1 aromatic carbocycles. The van der Waals surface area contributed by atoms with E-state index in [2.05, 4.69) is 39.0 Å². The highest BCUT2D eigenvalue weighted by atomic mass is 16.5. The molecule has 0 N–H and O–H groups in total. The number of anilines is 1. The number of aromatic nitrogens is 3. The molecule has 4 aromatic rings. The molecule has 5 heterocycles. The van der Waals surface area contributed by atoms with Crippen LogP contribution in [0.25, 0.3) is 22.4 Å². The van der Waals surface area contributed by atoms with E-state index in [1.165, 1.54) is 5.56 Å². The molecule has 6 rings (SSSR count). The van der Waals surface area contributed by atoms with Gasteiger partial charge in [-0.2, -0.15) is 0 Å². The number of benzene rings is 1. The first-order valence-electron chi connectivity index (χ1n) is 12.2. The molecule has 2 aliphatic heterocycles. The van der Waals surface area contributed by atoms with Crippen LogP contribution in [0.1, 0.15) is 24.2 Å². The maximum absolute atomic E-state index is 6.39. The van der Waals surface area contributed by atoms with Gasteiger partial charge in [-0.1, -0.05) is 6.07 Å². The maximum atomic E-state index is 6.39. The van der Waals surface area contributed by atoms with Crippen LogP contribution < -0.4 is 14.4 Å². The predicted octanol–water partition coefficient (Wildman–Crippen LogP) is 4.67. The number of methoxy groups -OCH3 is 2. The van der Waals surface area contributed by atoms with Crippen LogP contribution >= 0.6 is 0 Å². The summed E-state index contributed by atoms with van der Waals surface area (Å²) in [5.41, 5.74) is 2.59. The summed E-state index contributed by atoms with van der Waals surface area (Å²) in [5, 5.41) is 5.28. The van der Waals surface area contributed by atoms with Crippen LogP contribution in [0.5, 0.6) is 11.5 Å². The number of furan rings is 1. The molecule has 36 heavy (non-hydrogen) atoms. The van der Waals surface area contributed by atoms with E-state index in [9.17, 15) is 0 Å². The van der Waals surface area contributed by atoms with Gasteiger partial charge in [0.25, 0.3) is 0 Å². The number of fused-ring (bicyclic) bond motifs is 2. The second-order valence-corrected chi connectivity index (χ2v) is 9.37. The van der Waals surface area contributed by atoms with Crippen molar-refractivity contribution in [2.75, 3.05) is 38.8 Å². The minimum absolute atomic E-state index is 0.401. The van der Waals surface area contributed by atoms with E-state index >= 15 is 0 Å². The zero-order valence-electron chi connectivity index (χ0n) is 20.7. The number of ether oxygens (including phenoxy) is 3. The second-order valence-electron chi connectivity index (χ2n) is 9.37. The largest absolute Gasteiger partial charge is 0.496 e. The van der Waals surface area contributed by atoms with Crippen molar-refractivity contribution < 1.29 is 18.6 Å². The van der Waals surface area contributed by atoms with Crippen LogP contribution in [-0.4, -0.2) is 54.5 Å². The smallest absolute Gasteiger partial charge is 0.214 e. The summed E-state index contributed by atoms with van der Waals surface area (Å²) < 4.78 is 25.0. The number of rotatable bonds is 6. The molecule has 186 valence electrons. The van der Waals surface area contributed by atoms with Crippen molar-refractivity contribution in [2.45, 2.75) is 26.2 Å². The maximum Gasteiger partial charge on any atom is 0.214 e. The van der Waals surface area contributed by atoms with Crippen molar-refractivity contribution in [1.82, 2.24) is 14.6 Å². The molecule has 1 unspecified atom stereocenters. The molecule has 1 saturated heterocycles. The Bertz CT molecular complexity index is 1420. The van der Waals surface area contributed by atoms with Gasteiger partial charge < -0.3 is 23.5 Å². The molecule has 0 aliphatic carbocycles. The summed E-state index contributed by atoms with van der Waals surface area (Å²) in [4.78, 5) is 11.6. The second kappa shape index (κ2) is 9.22. The van der Waals surface area contributed by atoms with Crippen LogP contribution in [0.4, 0.5) is 5.82 Å². The van der Waals surface area contributed by atoms with Gasteiger partial charge in [-0.15, -0.1) is 5.10 Å². The highest BCUT2D eigenvalue weighted by molar-refractivity contribution is 5.89. The van der Waals surface area contributed by atoms with Crippen molar-refractivity contribution in [3.05, 3.63) is 54.1 Å². The first-order valence-corrected chi connectivity index (χ1v) is 12.2. The van der Waals surface area contributed by atoms with Gasteiger partial charge in [0.05, 0.1) is 38.8 Å². The number of piperidine rings is 1. The van der Waals surface area contributed by atoms with E-state index in [-0.39, 0.29) is 0 Å². The number of hydrogen-bond acceptors (Lipinski definition) is 8. The van der Waals surface area contributed by atoms with E-state index in [1.54, 1.807) is 18.9 Å². The third-order valence-corrected chi connectivity index (χ3v) is 6.80. The van der Waals surface area contributed by atoms with Crippen molar-refractivity contribution in [3.63, 3.8) is 0 Å². The number of nitrogens with zero attached hydrogens (tertiary/aromatic N) is 5. The van der Waals surface area contributed by atoms with E-state index in [0.717, 1.165) is 54.4 Å². The lowest BCUT2D eigenvalue weighted by atomic mass is 9.99. The van der Waals surface area contributed by atoms with Crippen molar-refractivity contribution in [1.29, 1.82) is 0 Å². The van der Waals surface area contributed by atoms with Crippen LogP contribution in [0, 0.1) is 12.8 Å². The Morgan fingerprint density at radius 3 is 2.83 bits per heavy atom. The lowest BCUT2D eigenvalue weighted by molar-refractivity contribution is 0.230. The van der Waals surface area contributed by atoms with Crippen LogP contribution in [0.15, 0.2) is 52.2 Å². The fourth-order valence-corrected chi connectivity index (χ4v) is 4.85. The summed E-state index contributed by atoms with van der Waals surface area (Å²) in [5.74, 6) is 5.00. The SMILES string of the molecule is COC1=Nn2cc(-c3cc4c(OCC5CCCN(c6ccc(C)cn6)C5)cc(OC)cc4o3)nc2C1. The van der Waals surface area contributed by atoms with E-state index < -0.39 is 0 Å². The molecule has 1 atom stereocenters. The monoisotopic (exact) mass is 487 g/mol. The van der Waals surface area contributed by atoms with Gasteiger partial charge in [0, 0.05) is 37.3 Å². The molecule has 1 fully saturated rings. The lowest BCUT2D eigenvalue weighted by Gasteiger charge is -2.33. The van der Waals surface area contributed by atoms with Gasteiger partial charge in [-0.3, -0.25) is 0 Å². The fraction of sp³-hybridized carbons (Fsp3) is 0.370. The number of aryl methyl sites for hydroxylation is 1. The molecular weight excluding hydrogens is 458 g/mol. The molecule has 0 saturated carbocycles. The summed E-state index contributed by atoms with van der Waals surface area (Å²) >= 11 is 0. The van der Waals surface area contributed by atoms with E-state index in [1.807, 2.05) is 30.6 Å². The molecule has 0 amide bonds. The Hall–Kier alpha value is -4.01. The number of imidazole rings is 1. The molecule has 9 nitrogen and oxygen atoms in total. The normalized spacial score (nSPS) is 17.2. The highest BCUT2D eigenvalue weighted by Gasteiger charge is 2.24. The van der Waals surface area contributed by atoms with Gasteiger partial charge in [0.2, 0.25) is 5.90 Å². The van der Waals surface area contributed by atoms with Gasteiger partial charge in [-0.25, -0.2) is 14.6 Å². The zero-order valence-corrected chi connectivity index (χ0v) is 20.7. The molecule has 9 heteroatoms. The quantitative estimate of drug-likeness (QED) is 0.391. The lowest BCUT2D eigenvalue weighted by Crippen LogP contribution is -2.38. The molecule has 0 spiro atoms. The molecule has 0 radical (unpaired) electrons. The first-order chi connectivity index (χ1) is 17.6. The van der Waals surface area contributed by atoms with Gasteiger partial charge in [0.15, 0.2) is 5.76 Å². The molecule has 0 bridgehead atoms.